The Bertz CT molecular complexity index is 2540. The van der Waals surface area contributed by atoms with Crippen molar-refractivity contribution in [3.63, 3.8) is 0 Å². The van der Waals surface area contributed by atoms with E-state index >= 15 is 0 Å². The van der Waals surface area contributed by atoms with Crippen molar-refractivity contribution in [1.82, 2.24) is 31.5 Å². The lowest BCUT2D eigenvalue weighted by Gasteiger charge is -2.38. The van der Waals surface area contributed by atoms with Crippen LogP contribution >= 0.6 is 0 Å². The molecule has 1 aliphatic heterocycles. The van der Waals surface area contributed by atoms with Gasteiger partial charge in [0.25, 0.3) is 0 Å². The minimum absolute atomic E-state index is 0.0801. The number of carbonyl (C=O) groups excluding carboxylic acids is 7. The number of amides is 8. The van der Waals surface area contributed by atoms with Crippen LogP contribution in [0.4, 0.5) is 21.0 Å². The van der Waals surface area contributed by atoms with Gasteiger partial charge >= 0.3 is 18.1 Å². The van der Waals surface area contributed by atoms with E-state index < -0.39 is 77.5 Å². The number of aliphatic carboxylic acids is 1. The fraction of sp³-hybridized carbons (Fsp3) is 0.455. The number of benzene rings is 3. The lowest BCUT2D eigenvalue weighted by atomic mass is 9.85. The minimum atomic E-state index is -1.11. The number of carboxylic acid groups (broad SMARTS) is 1. The first-order valence-electron chi connectivity index (χ1n) is 24.9. The largest absolute Gasteiger partial charge is 0.478 e. The normalized spacial score (nSPS) is 14.8. The number of primary amides is 1. The van der Waals surface area contributed by atoms with Crippen LogP contribution in [-0.4, -0.2) is 102 Å². The molecule has 0 bridgehead atoms. The third kappa shape index (κ3) is 17.9. The summed E-state index contributed by atoms with van der Waals surface area (Å²) >= 11 is 0. The van der Waals surface area contributed by atoms with Crippen molar-refractivity contribution in [3.8, 4) is 0 Å². The molecule has 1 aliphatic rings. The number of carboxylic acids is 1. The first kappa shape index (κ1) is 59.0. The van der Waals surface area contributed by atoms with Gasteiger partial charge in [-0.05, 0) is 84.4 Å². The molecule has 0 aliphatic carbocycles. The summed E-state index contributed by atoms with van der Waals surface area (Å²) in [7, 11) is 1.63. The number of fused-ring (bicyclic) bond motifs is 2. The van der Waals surface area contributed by atoms with E-state index in [1.807, 2.05) is 95.3 Å². The van der Waals surface area contributed by atoms with Crippen LogP contribution < -0.4 is 42.5 Å². The molecule has 0 saturated heterocycles. The zero-order valence-electron chi connectivity index (χ0n) is 44.2. The van der Waals surface area contributed by atoms with Crippen molar-refractivity contribution < 1.29 is 48.2 Å². The summed E-state index contributed by atoms with van der Waals surface area (Å²) in [5, 5.41) is 26.1. The number of nitrogens with zero attached hydrogens (tertiary/aromatic N) is 2. The van der Waals surface area contributed by atoms with Crippen LogP contribution in [0.5, 0.6) is 0 Å². The third-order valence-electron chi connectivity index (χ3n) is 12.5. The molecule has 19 heteroatoms. The summed E-state index contributed by atoms with van der Waals surface area (Å²) in [6.45, 7) is 16.4. The number of para-hydroxylation sites is 1. The Morgan fingerprint density at radius 1 is 0.811 bits per heavy atom. The maximum absolute atomic E-state index is 13.9. The highest BCUT2D eigenvalue weighted by Crippen LogP contribution is 2.30. The maximum Gasteiger partial charge on any atom is 0.408 e. The molecule has 1 unspecified atom stereocenters. The highest BCUT2D eigenvalue weighted by Gasteiger charge is 2.37. The van der Waals surface area contributed by atoms with Crippen LogP contribution in [0.25, 0.3) is 12.2 Å². The van der Waals surface area contributed by atoms with Crippen molar-refractivity contribution in [2.75, 3.05) is 23.8 Å². The first-order valence-corrected chi connectivity index (χ1v) is 24.9. The molecule has 0 fully saturated rings. The van der Waals surface area contributed by atoms with Gasteiger partial charge in [-0.2, -0.15) is 0 Å². The van der Waals surface area contributed by atoms with Gasteiger partial charge in [-0.15, -0.1) is 0 Å². The molecule has 0 spiro atoms. The topological polar surface area (TPSA) is 271 Å². The number of anilines is 2. The number of ether oxygens (including phenoxy) is 1. The summed E-state index contributed by atoms with van der Waals surface area (Å²) in [5.41, 5.74) is 9.23. The second-order valence-electron chi connectivity index (χ2n) is 20.3. The van der Waals surface area contributed by atoms with Crippen molar-refractivity contribution >= 4 is 71.2 Å². The van der Waals surface area contributed by atoms with E-state index in [4.69, 9.17) is 10.5 Å². The van der Waals surface area contributed by atoms with Crippen LogP contribution in [0.2, 0.25) is 0 Å². The zero-order chi connectivity index (χ0) is 54.9. The lowest BCUT2D eigenvalue weighted by Crippen LogP contribution is -2.59. The van der Waals surface area contributed by atoms with Crippen molar-refractivity contribution in [3.05, 3.63) is 107 Å². The van der Waals surface area contributed by atoms with E-state index in [0.717, 1.165) is 22.4 Å². The number of alkyl carbamates (subject to hydrolysis) is 1. The molecule has 0 aromatic heterocycles. The van der Waals surface area contributed by atoms with Gasteiger partial charge in [0.15, 0.2) is 0 Å². The van der Waals surface area contributed by atoms with Crippen LogP contribution in [-0.2, 0) is 46.7 Å². The molecule has 3 aromatic carbocycles. The molecule has 4 rings (SSSR count). The van der Waals surface area contributed by atoms with Gasteiger partial charge < -0.3 is 52.0 Å². The van der Waals surface area contributed by atoms with E-state index in [1.165, 1.54) is 11.8 Å². The van der Waals surface area contributed by atoms with Crippen molar-refractivity contribution in [2.45, 2.75) is 131 Å². The van der Waals surface area contributed by atoms with E-state index in [1.54, 1.807) is 63.1 Å². The molecule has 19 nitrogen and oxygen atoms in total. The second-order valence-corrected chi connectivity index (χ2v) is 20.3. The van der Waals surface area contributed by atoms with E-state index in [-0.39, 0.29) is 62.1 Å². The summed E-state index contributed by atoms with van der Waals surface area (Å²) in [5.74, 6) is -3.81. The average molecular weight is 1020 g/mol. The number of carbonyl (C=O) groups is 8. The molecule has 400 valence electrons. The van der Waals surface area contributed by atoms with Crippen LogP contribution in [0, 0.1) is 17.3 Å². The predicted octanol–water partition coefficient (Wildman–Crippen LogP) is 6.29. The lowest BCUT2D eigenvalue weighted by molar-refractivity contribution is -0.137. The minimum Gasteiger partial charge on any atom is -0.478 e. The highest BCUT2D eigenvalue weighted by molar-refractivity contribution is 6.00. The van der Waals surface area contributed by atoms with Gasteiger partial charge in [-0.1, -0.05) is 121 Å². The van der Waals surface area contributed by atoms with Crippen LogP contribution in [0.1, 0.15) is 110 Å². The Balaban J connectivity index is 1.35. The second kappa shape index (κ2) is 27.5. The van der Waals surface area contributed by atoms with Gasteiger partial charge in [0.05, 0.1) is 30.5 Å². The standard InChI is InChI=1S/C55H75N9O10/c1-33(2)44(30-35(5)52(70)71)63(10)51(69)48(55(7,8)9)58-36(6)59-54(73)74-32-37-21-25-41(26-22-37)60-49(67)42(19-15-29-57-53(56)72)61-50(68)47(34(3)4)62-45(65)27-28-46(66)64-31-40-18-12-11-16-38(40)23-24-39-17-13-14-20-43(39)64/h11-14,16-18,20-26,30,33-34,36,42,44,47-48,58H,15,19,27-29,31-32H2,1-10H3,(H,59,73)(H,60,67)(H,61,68)(H,62,65)(H,70,71)(H3,56,57,72)/b24-23-,35-30+/t36?,42-,44+,47-,48+/m0/s1. The molecule has 9 N–H and O–H groups in total. The van der Waals surface area contributed by atoms with Gasteiger partial charge in [0, 0.05) is 37.7 Å². The number of urea groups is 1. The number of rotatable bonds is 23. The van der Waals surface area contributed by atoms with Gasteiger partial charge in [-0.25, -0.2) is 14.4 Å². The smallest absolute Gasteiger partial charge is 0.408 e. The van der Waals surface area contributed by atoms with Crippen LogP contribution in [0.3, 0.4) is 0 Å². The van der Waals surface area contributed by atoms with E-state index in [9.17, 15) is 43.5 Å². The zero-order valence-corrected chi connectivity index (χ0v) is 44.2. The molecule has 8 amide bonds. The predicted molar refractivity (Wildman–Crippen MR) is 285 cm³/mol. The summed E-state index contributed by atoms with van der Waals surface area (Å²) in [6.07, 6.45) is 4.12. The number of hydrogen-bond acceptors (Lipinski definition) is 10. The fourth-order valence-electron chi connectivity index (χ4n) is 8.25. The summed E-state index contributed by atoms with van der Waals surface area (Å²) < 4.78 is 5.47. The Kier molecular flexibility index (Phi) is 21.9. The van der Waals surface area contributed by atoms with E-state index in [2.05, 4.69) is 31.9 Å². The number of nitrogens with two attached hydrogens (primary N) is 1. The van der Waals surface area contributed by atoms with Gasteiger partial charge in [0.1, 0.15) is 18.7 Å². The van der Waals surface area contributed by atoms with Gasteiger partial charge in [0.2, 0.25) is 29.5 Å². The summed E-state index contributed by atoms with van der Waals surface area (Å²) in [4.78, 5) is 108. The Morgan fingerprint density at radius 3 is 2.07 bits per heavy atom. The molecular weight excluding hydrogens is 947 g/mol. The third-order valence-corrected chi connectivity index (χ3v) is 12.5. The molecule has 0 radical (unpaired) electrons. The molecule has 1 heterocycles. The number of hydrogen-bond donors (Lipinski definition) is 8. The average Bonchev–Trinajstić information content (AvgIpc) is 3.33. The van der Waals surface area contributed by atoms with Gasteiger partial charge in [-0.3, -0.25) is 29.3 Å². The highest BCUT2D eigenvalue weighted by atomic mass is 16.5. The Labute approximate surface area is 434 Å². The summed E-state index contributed by atoms with van der Waals surface area (Å²) in [6, 6.07) is 17.6. The quantitative estimate of drug-likeness (QED) is 0.0297. The maximum atomic E-state index is 13.9. The Hall–Kier alpha value is -7.54. The first-order chi connectivity index (χ1) is 34.9. The SMILES string of the molecule is C/C(=C\[C@H](C(C)C)N(C)C(=O)[C@@H](NC(C)NC(=O)OCc1ccc(NC(=O)[C@H](CCCNC(N)=O)NC(=O)[C@@H](NC(=O)CCC(=O)N2Cc3ccccc3/C=C\c3ccccc32)C(C)C)cc1)C(C)(C)C)C(=O)O. The molecule has 74 heavy (non-hydrogen) atoms. The molecular formula is C55H75N9O10. The molecule has 5 atom stereocenters. The monoisotopic (exact) mass is 1020 g/mol. The van der Waals surface area contributed by atoms with Crippen molar-refractivity contribution in [1.29, 1.82) is 0 Å². The van der Waals surface area contributed by atoms with E-state index in [0.29, 0.717) is 17.8 Å². The number of nitrogens with one attached hydrogen (secondary N) is 6. The fourth-order valence-corrected chi connectivity index (χ4v) is 8.25. The van der Waals surface area contributed by atoms with Crippen LogP contribution in [0.15, 0.2) is 84.4 Å². The number of likely N-dealkylation sites (N-methyl/N-ethyl adjacent to an activating group) is 1. The van der Waals surface area contributed by atoms with Crippen molar-refractivity contribution in [2.24, 2.45) is 23.0 Å². The Morgan fingerprint density at radius 2 is 1.45 bits per heavy atom. The molecule has 0 saturated carbocycles. The molecule has 3 aromatic rings.